The van der Waals surface area contributed by atoms with Crippen LogP contribution in [0.3, 0.4) is 0 Å². The number of urea groups is 1. The predicted molar refractivity (Wildman–Crippen MR) is 117 cm³/mol. The van der Waals surface area contributed by atoms with Gasteiger partial charge in [0.15, 0.2) is 0 Å². The molecule has 1 aromatic carbocycles. The van der Waals surface area contributed by atoms with Gasteiger partial charge in [0, 0.05) is 58.8 Å². The van der Waals surface area contributed by atoms with Gasteiger partial charge >= 0.3 is 6.03 Å². The van der Waals surface area contributed by atoms with E-state index in [0.717, 1.165) is 41.7 Å². The lowest BCUT2D eigenvalue weighted by Gasteiger charge is -2.28. The Balaban J connectivity index is 1.46. The molecule has 3 heterocycles. The van der Waals surface area contributed by atoms with Crippen LogP contribution in [-0.2, 0) is 24.1 Å². The van der Waals surface area contributed by atoms with Gasteiger partial charge in [-0.1, -0.05) is 12.1 Å². The van der Waals surface area contributed by atoms with Crippen LogP contribution in [0.2, 0.25) is 0 Å². The zero-order chi connectivity index (χ0) is 21.8. The second kappa shape index (κ2) is 9.47. The van der Waals surface area contributed by atoms with E-state index >= 15 is 0 Å². The van der Waals surface area contributed by atoms with Gasteiger partial charge in [-0.15, -0.1) is 0 Å². The van der Waals surface area contributed by atoms with Gasteiger partial charge in [0.1, 0.15) is 11.6 Å². The van der Waals surface area contributed by atoms with Crippen LogP contribution in [0.1, 0.15) is 16.8 Å². The molecule has 0 spiro atoms. The number of fused-ring (bicyclic) bond motifs is 1. The molecule has 1 saturated heterocycles. The molecule has 1 aromatic heterocycles. The Morgan fingerprint density at radius 1 is 1.16 bits per heavy atom. The smallest absolute Gasteiger partial charge is 0.317 e. The van der Waals surface area contributed by atoms with Crippen LogP contribution in [0.25, 0.3) is 0 Å². The Bertz CT molecular complexity index is 932. The quantitative estimate of drug-likeness (QED) is 0.801. The number of carbonyl (C=O) groups is 1. The molecule has 2 aliphatic rings. The third kappa shape index (κ3) is 5.04. The zero-order valence-corrected chi connectivity index (χ0v) is 18.1. The molecule has 0 atom stereocenters. The molecule has 0 unspecified atom stereocenters. The van der Waals surface area contributed by atoms with Crippen molar-refractivity contribution in [3.8, 4) is 0 Å². The number of morpholine rings is 1. The van der Waals surface area contributed by atoms with E-state index in [2.05, 4.69) is 10.2 Å². The monoisotopic (exact) mass is 428 g/mol. The first-order valence-electron chi connectivity index (χ1n) is 10.7. The van der Waals surface area contributed by atoms with Crippen molar-refractivity contribution in [1.82, 2.24) is 20.2 Å². The SMILES string of the molecule is CN(C)c1nc(N2CCOCC2)nc2c1CCN(C(=O)NCc1cccc(F)c1)CC2. The van der Waals surface area contributed by atoms with Crippen LogP contribution in [-0.4, -0.2) is 74.4 Å². The fourth-order valence-electron chi connectivity index (χ4n) is 3.98. The van der Waals surface area contributed by atoms with E-state index in [1.54, 1.807) is 17.0 Å². The van der Waals surface area contributed by atoms with Crippen molar-refractivity contribution in [3.63, 3.8) is 0 Å². The Labute approximate surface area is 182 Å². The highest BCUT2D eigenvalue weighted by molar-refractivity contribution is 5.74. The number of amides is 2. The first-order chi connectivity index (χ1) is 15.0. The normalized spacial score (nSPS) is 16.5. The Morgan fingerprint density at radius 2 is 1.94 bits per heavy atom. The summed E-state index contributed by atoms with van der Waals surface area (Å²) in [4.78, 5) is 28.4. The predicted octanol–water partition coefficient (Wildman–Crippen LogP) is 1.83. The highest BCUT2D eigenvalue weighted by Crippen LogP contribution is 2.26. The second-order valence-corrected chi connectivity index (χ2v) is 8.04. The summed E-state index contributed by atoms with van der Waals surface area (Å²) >= 11 is 0. The van der Waals surface area contributed by atoms with E-state index < -0.39 is 0 Å². The first-order valence-corrected chi connectivity index (χ1v) is 10.7. The fraction of sp³-hybridized carbons (Fsp3) is 0.500. The van der Waals surface area contributed by atoms with E-state index in [-0.39, 0.29) is 11.8 Å². The lowest BCUT2D eigenvalue weighted by Crippen LogP contribution is -2.41. The molecule has 2 aliphatic heterocycles. The summed E-state index contributed by atoms with van der Waals surface area (Å²) in [5.74, 6) is 1.34. The molecular formula is C22H29FN6O2. The zero-order valence-electron chi connectivity index (χ0n) is 18.1. The van der Waals surface area contributed by atoms with E-state index in [9.17, 15) is 9.18 Å². The number of rotatable bonds is 4. The van der Waals surface area contributed by atoms with E-state index in [0.29, 0.717) is 45.7 Å². The molecule has 0 saturated carbocycles. The van der Waals surface area contributed by atoms with Crippen molar-refractivity contribution in [2.75, 3.05) is 63.3 Å². The number of aromatic nitrogens is 2. The maximum atomic E-state index is 13.4. The standard InChI is InChI=1S/C22H29FN6O2/c1-27(2)20-18-6-8-29(22(30)24-15-16-4-3-5-17(23)14-16)9-7-19(18)25-21(26-20)28-10-12-31-13-11-28/h3-5,14H,6-13,15H2,1-2H3,(H,24,30). The maximum Gasteiger partial charge on any atom is 0.317 e. The topological polar surface area (TPSA) is 73.8 Å². The molecule has 8 nitrogen and oxygen atoms in total. The van der Waals surface area contributed by atoms with Crippen LogP contribution < -0.4 is 15.1 Å². The van der Waals surface area contributed by atoms with Gasteiger partial charge in [-0.3, -0.25) is 0 Å². The fourth-order valence-corrected chi connectivity index (χ4v) is 3.98. The summed E-state index contributed by atoms with van der Waals surface area (Å²) in [6.07, 6.45) is 1.36. The number of ether oxygens (including phenoxy) is 1. The van der Waals surface area contributed by atoms with Crippen molar-refractivity contribution in [1.29, 1.82) is 0 Å². The summed E-state index contributed by atoms with van der Waals surface area (Å²) in [6, 6.07) is 6.13. The molecule has 1 N–H and O–H groups in total. The van der Waals surface area contributed by atoms with Gasteiger partial charge < -0.3 is 24.8 Å². The highest BCUT2D eigenvalue weighted by atomic mass is 19.1. The maximum absolute atomic E-state index is 13.4. The molecule has 1 fully saturated rings. The largest absolute Gasteiger partial charge is 0.378 e. The molecule has 0 radical (unpaired) electrons. The Morgan fingerprint density at radius 3 is 2.68 bits per heavy atom. The third-order valence-corrected chi connectivity index (χ3v) is 5.65. The molecule has 0 aliphatic carbocycles. The third-order valence-electron chi connectivity index (χ3n) is 5.65. The van der Waals surface area contributed by atoms with Crippen molar-refractivity contribution in [2.24, 2.45) is 0 Å². The van der Waals surface area contributed by atoms with Gasteiger partial charge in [-0.2, -0.15) is 4.98 Å². The minimum atomic E-state index is -0.303. The number of nitrogens with zero attached hydrogens (tertiary/aromatic N) is 5. The number of hydrogen-bond donors (Lipinski definition) is 1. The number of anilines is 2. The average Bonchev–Trinajstić information content (AvgIpc) is 3.00. The summed E-state index contributed by atoms with van der Waals surface area (Å²) in [6.45, 7) is 4.37. The van der Waals surface area contributed by atoms with Gasteiger partial charge in [-0.05, 0) is 24.1 Å². The number of carbonyl (C=O) groups excluding carboxylic acids is 1. The van der Waals surface area contributed by atoms with E-state index in [4.69, 9.17) is 14.7 Å². The van der Waals surface area contributed by atoms with Gasteiger partial charge in [-0.25, -0.2) is 14.2 Å². The van der Waals surface area contributed by atoms with Crippen molar-refractivity contribution in [3.05, 3.63) is 46.9 Å². The van der Waals surface area contributed by atoms with Gasteiger partial charge in [0.05, 0.1) is 18.9 Å². The van der Waals surface area contributed by atoms with Crippen LogP contribution >= 0.6 is 0 Å². The minimum absolute atomic E-state index is 0.148. The molecule has 2 aromatic rings. The molecule has 31 heavy (non-hydrogen) atoms. The molecule has 9 heteroatoms. The summed E-state index contributed by atoms with van der Waals surface area (Å²) < 4.78 is 18.8. The van der Waals surface area contributed by atoms with Crippen LogP contribution in [0, 0.1) is 5.82 Å². The van der Waals surface area contributed by atoms with Crippen molar-refractivity contribution >= 4 is 17.8 Å². The number of benzene rings is 1. The van der Waals surface area contributed by atoms with Crippen LogP contribution in [0.15, 0.2) is 24.3 Å². The first kappa shape index (κ1) is 21.3. The molecule has 0 bridgehead atoms. The minimum Gasteiger partial charge on any atom is -0.378 e. The Kier molecular flexibility index (Phi) is 6.50. The van der Waals surface area contributed by atoms with Gasteiger partial charge in [0.2, 0.25) is 5.95 Å². The van der Waals surface area contributed by atoms with E-state index in [1.165, 1.54) is 12.1 Å². The Hall–Kier alpha value is -2.94. The number of hydrogen-bond acceptors (Lipinski definition) is 6. The summed E-state index contributed by atoms with van der Waals surface area (Å²) in [5.41, 5.74) is 2.84. The summed E-state index contributed by atoms with van der Waals surface area (Å²) in [7, 11) is 3.97. The average molecular weight is 429 g/mol. The molecule has 4 rings (SSSR count). The van der Waals surface area contributed by atoms with Crippen molar-refractivity contribution < 1.29 is 13.9 Å². The lowest BCUT2D eigenvalue weighted by molar-refractivity contribution is 0.122. The van der Waals surface area contributed by atoms with E-state index in [1.807, 2.05) is 19.0 Å². The summed E-state index contributed by atoms with van der Waals surface area (Å²) in [5, 5.41) is 2.90. The second-order valence-electron chi connectivity index (χ2n) is 8.04. The van der Waals surface area contributed by atoms with Gasteiger partial charge in [0.25, 0.3) is 0 Å². The highest BCUT2D eigenvalue weighted by Gasteiger charge is 2.25. The number of nitrogens with one attached hydrogen (secondary N) is 1. The molecule has 166 valence electrons. The molecule has 2 amide bonds. The van der Waals surface area contributed by atoms with Crippen LogP contribution in [0.4, 0.5) is 21.0 Å². The van der Waals surface area contributed by atoms with Crippen molar-refractivity contribution in [2.45, 2.75) is 19.4 Å². The molecular weight excluding hydrogens is 399 g/mol. The number of halogens is 1. The van der Waals surface area contributed by atoms with Crippen LogP contribution in [0.5, 0.6) is 0 Å². The lowest BCUT2D eigenvalue weighted by atomic mass is 10.1.